The summed E-state index contributed by atoms with van der Waals surface area (Å²) >= 11 is 0. The maximum atomic E-state index is 13.4. The van der Waals surface area contributed by atoms with E-state index in [0.29, 0.717) is 19.5 Å². The zero-order chi connectivity index (χ0) is 24.9. The Labute approximate surface area is 220 Å². The van der Waals surface area contributed by atoms with E-state index in [2.05, 4.69) is 22.8 Å². The second kappa shape index (κ2) is 12.4. The lowest BCUT2D eigenvalue weighted by Crippen LogP contribution is -2.47. The highest BCUT2D eigenvalue weighted by molar-refractivity contribution is 6.02. The first-order chi connectivity index (χ1) is 16.9. The van der Waals surface area contributed by atoms with Crippen molar-refractivity contribution in [3.8, 4) is 0 Å². The van der Waals surface area contributed by atoms with Crippen LogP contribution in [0.4, 0.5) is 5.69 Å². The van der Waals surface area contributed by atoms with E-state index >= 15 is 0 Å². The first-order valence-corrected chi connectivity index (χ1v) is 12.6. The highest BCUT2D eigenvalue weighted by atomic mass is 35.5. The maximum Gasteiger partial charge on any atom is 0.242 e. The molecular formula is C28H37ClN4O3. The number of hydrogen-bond donors (Lipinski definition) is 2. The summed E-state index contributed by atoms with van der Waals surface area (Å²) in [5.74, 6) is -0.0456. The maximum absolute atomic E-state index is 13.4. The van der Waals surface area contributed by atoms with E-state index in [9.17, 15) is 14.4 Å². The summed E-state index contributed by atoms with van der Waals surface area (Å²) in [5, 5.41) is 6.12. The number of benzene rings is 2. The van der Waals surface area contributed by atoms with Gasteiger partial charge in [-0.3, -0.25) is 14.4 Å². The standard InChI is InChI=1S/C28H36N4O3.ClH/c1-4-29-11-12-30-27(34)17-32(25-16-24-22(13-19(25)2)9-10-26(24)33)18-28(35)31(3)23-14-20-7-5-6-8-21(20)15-23;/h5-8,13,16,23,29H,4,9-12,14-15,17-18H2,1-3H3,(H,30,34);1H. The Morgan fingerprint density at radius 2 is 1.69 bits per heavy atom. The molecule has 0 unspecified atom stereocenters. The first-order valence-electron chi connectivity index (χ1n) is 12.6. The van der Waals surface area contributed by atoms with Gasteiger partial charge in [0.15, 0.2) is 5.78 Å². The number of nitrogens with zero attached hydrogens (tertiary/aromatic N) is 2. The van der Waals surface area contributed by atoms with E-state index in [-0.39, 0.29) is 49.1 Å². The Morgan fingerprint density at radius 1 is 1.00 bits per heavy atom. The fraction of sp³-hybridized carbons (Fsp3) is 0.464. The molecule has 0 aromatic heterocycles. The van der Waals surface area contributed by atoms with Crippen LogP contribution in [0.5, 0.6) is 0 Å². The lowest BCUT2D eigenvalue weighted by Gasteiger charge is -2.30. The van der Waals surface area contributed by atoms with Crippen molar-refractivity contribution in [1.82, 2.24) is 15.5 Å². The van der Waals surface area contributed by atoms with E-state index in [1.807, 2.05) is 55.0 Å². The number of halogens is 1. The van der Waals surface area contributed by atoms with Gasteiger partial charge < -0.3 is 20.4 Å². The van der Waals surface area contributed by atoms with Crippen LogP contribution in [0.15, 0.2) is 36.4 Å². The van der Waals surface area contributed by atoms with Crippen LogP contribution in [0.1, 0.15) is 46.0 Å². The number of aryl methyl sites for hydroxylation is 2. The summed E-state index contributed by atoms with van der Waals surface area (Å²) in [6, 6.07) is 12.4. The third kappa shape index (κ3) is 6.26. The Hall–Kier alpha value is -2.90. The van der Waals surface area contributed by atoms with Crippen molar-refractivity contribution in [2.45, 2.75) is 45.6 Å². The van der Waals surface area contributed by atoms with Crippen LogP contribution in [0, 0.1) is 6.92 Å². The first kappa shape index (κ1) is 27.7. The molecule has 0 saturated heterocycles. The number of nitrogens with one attached hydrogen (secondary N) is 2. The molecule has 2 aromatic rings. The third-order valence-electron chi connectivity index (χ3n) is 7.19. The van der Waals surface area contributed by atoms with Gasteiger partial charge in [0.2, 0.25) is 11.8 Å². The molecule has 0 spiro atoms. The number of fused-ring (bicyclic) bond motifs is 2. The lowest BCUT2D eigenvalue weighted by atomic mass is 10.0. The Bertz CT molecular complexity index is 1090. The molecule has 2 amide bonds. The molecule has 2 N–H and O–H groups in total. The number of Topliss-reactive ketones (excluding diaryl/α,β-unsaturated/α-hetero) is 1. The van der Waals surface area contributed by atoms with E-state index in [0.717, 1.165) is 48.2 Å². The smallest absolute Gasteiger partial charge is 0.242 e. The molecule has 8 heteroatoms. The molecule has 0 bridgehead atoms. The summed E-state index contributed by atoms with van der Waals surface area (Å²) in [7, 11) is 1.85. The monoisotopic (exact) mass is 512 g/mol. The van der Waals surface area contributed by atoms with Gasteiger partial charge in [-0.1, -0.05) is 37.3 Å². The second-order valence-corrected chi connectivity index (χ2v) is 9.61. The lowest BCUT2D eigenvalue weighted by molar-refractivity contribution is -0.130. The Balaban J connectivity index is 0.00000361. The van der Waals surface area contributed by atoms with Gasteiger partial charge in [0.25, 0.3) is 0 Å². The molecule has 0 radical (unpaired) electrons. The Kier molecular flexibility index (Phi) is 9.51. The van der Waals surface area contributed by atoms with Crippen molar-refractivity contribution in [3.63, 3.8) is 0 Å². The molecule has 7 nitrogen and oxygen atoms in total. The number of carbonyl (C=O) groups is 3. The quantitative estimate of drug-likeness (QED) is 0.478. The van der Waals surface area contributed by atoms with E-state index in [4.69, 9.17) is 0 Å². The number of amides is 2. The van der Waals surface area contributed by atoms with Crippen molar-refractivity contribution in [1.29, 1.82) is 0 Å². The molecule has 4 rings (SSSR count). The van der Waals surface area contributed by atoms with Crippen LogP contribution in [0.3, 0.4) is 0 Å². The number of carbonyl (C=O) groups excluding carboxylic acids is 3. The molecule has 36 heavy (non-hydrogen) atoms. The van der Waals surface area contributed by atoms with Crippen LogP contribution in [-0.4, -0.2) is 68.3 Å². The van der Waals surface area contributed by atoms with Crippen LogP contribution < -0.4 is 15.5 Å². The highest BCUT2D eigenvalue weighted by Crippen LogP contribution is 2.31. The topological polar surface area (TPSA) is 81.8 Å². The number of likely N-dealkylation sites (N-methyl/N-ethyl adjacent to an activating group) is 2. The summed E-state index contributed by atoms with van der Waals surface area (Å²) in [6.07, 6.45) is 2.96. The molecule has 0 aliphatic heterocycles. The fourth-order valence-corrected chi connectivity index (χ4v) is 5.16. The fourth-order valence-electron chi connectivity index (χ4n) is 5.16. The average Bonchev–Trinajstić information content (AvgIpc) is 3.43. The summed E-state index contributed by atoms with van der Waals surface area (Å²) < 4.78 is 0. The predicted molar refractivity (Wildman–Crippen MR) is 145 cm³/mol. The summed E-state index contributed by atoms with van der Waals surface area (Å²) in [5.41, 5.74) is 6.11. The van der Waals surface area contributed by atoms with Gasteiger partial charge in [-0.2, -0.15) is 0 Å². The predicted octanol–water partition coefficient (Wildman–Crippen LogP) is 2.70. The second-order valence-electron chi connectivity index (χ2n) is 9.61. The van der Waals surface area contributed by atoms with Gasteiger partial charge in [-0.25, -0.2) is 0 Å². The van der Waals surface area contributed by atoms with Crippen LogP contribution in [0.2, 0.25) is 0 Å². The van der Waals surface area contributed by atoms with Crippen molar-refractivity contribution in [2.75, 3.05) is 44.7 Å². The normalized spacial score (nSPS) is 14.1. The molecule has 194 valence electrons. The van der Waals surface area contributed by atoms with Gasteiger partial charge in [-0.15, -0.1) is 12.4 Å². The minimum atomic E-state index is -0.141. The number of rotatable bonds is 10. The number of hydrogen-bond acceptors (Lipinski definition) is 5. The molecule has 0 atom stereocenters. The summed E-state index contributed by atoms with van der Waals surface area (Å²) in [6.45, 7) is 6.20. The van der Waals surface area contributed by atoms with Gasteiger partial charge in [0.1, 0.15) is 0 Å². The van der Waals surface area contributed by atoms with Crippen molar-refractivity contribution in [2.24, 2.45) is 0 Å². The Morgan fingerprint density at radius 3 is 2.36 bits per heavy atom. The minimum Gasteiger partial charge on any atom is -0.353 e. The number of anilines is 1. The van der Waals surface area contributed by atoms with Crippen LogP contribution in [-0.2, 0) is 28.9 Å². The SMILES string of the molecule is CCNCCNC(=O)CN(CC(=O)N(C)C1Cc2ccccc2C1)c1cc2c(cc1C)CCC2=O.Cl. The average molecular weight is 513 g/mol. The molecule has 2 aromatic carbocycles. The van der Waals surface area contributed by atoms with Crippen LogP contribution in [0.25, 0.3) is 0 Å². The zero-order valence-corrected chi connectivity index (χ0v) is 22.2. The molecule has 2 aliphatic rings. The van der Waals surface area contributed by atoms with E-state index in [1.165, 1.54) is 11.1 Å². The van der Waals surface area contributed by atoms with Gasteiger partial charge in [0.05, 0.1) is 13.1 Å². The number of ketones is 1. The van der Waals surface area contributed by atoms with E-state index < -0.39 is 0 Å². The van der Waals surface area contributed by atoms with Crippen molar-refractivity contribution in [3.05, 3.63) is 64.2 Å². The molecule has 2 aliphatic carbocycles. The minimum absolute atomic E-state index is 0. The van der Waals surface area contributed by atoms with Crippen LogP contribution >= 0.6 is 12.4 Å². The largest absolute Gasteiger partial charge is 0.353 e. The molecule has 0 fully saturated rings. The molecule has 0 saturated carbocycles. The van der Waals surface area contributed by atoms with Crippen molar-refractivity contribution < 1.29 is 14.4 Å². The van der Waals surface area contributed by atoms with Gasteiger partial charge in [0, 0.05) is 43.9 Å². The van der Waals surface area contributed by atoms with Gasteiger partial charge in [-0.05, 0) is 61.1 Å². The third-order valence-corrected chi connectivity index (χ3v) is 7.19. The van der Waals surface area contributed by atoms with Crippen molar-refractivity contribution >= 4 is 35.7 Å². The molecular weight excluding hydrogens is 476 g/mol. The van der Waals surface area contributed by atoms with E-state index in [1.54, 1.807) is 0 Å². The molecule has 0 heterocycles. The zero-order valence-electron chi connectivity index (χ0n) is 21.4. The summed E-state index contributed by atoms with van der Waals surface area (Å²) in [4.78, 5) is 42.3. The highest BCUT2D eigenvalue weighted by Gasteiger charge is 2.29. The van der Waals surface area contributed by atoms with Gasteiger partial charge >= 0.3 is 0 Å².